The van der Waals surface area contributed by atoms with Gasteiger partial charge in [0.2, 0.25) is 0 Å². The lowest BCUT2D eigenvalue weighted by Crippen LogP contribution is -2.11. The number of fused-ring (bicyclic) bond motifs is 1. The highest BCUT2D eigenvalue weighted by Gasteiger charge is 2.14. The number of pyridine rings is 1. The van der Waals surface area contributed by atoms with Crippen LogP contribution in [0.5, 0.6) is 23.0 Å². The van der Waals surface area contributed by atoms with Gasteiger partial charge in [-0.15, -0.1) is 0 Å². The van der Waals surface area contributed by atoms with Crippen LogP contribution in [0, 0.1) is 3.57 Å². The fourth-order valence-electron chi connectivity index (χ4n) is 2.28. The summed E-state index contributed by atoms with van der Waals surface area (Å²) in [6, 6.07) is 10.5. The van der Waals surface area contributed by atoms with Crippen LogP contribution in [0.2, 0.25) is 5.02 Å². The Hall–Kier alpha value is -1.93. The van der Waals surface area contributed by atoms with Gasteiger partial charge in [0.15, 0.2) is 5.75 Å². The third kappa shape index (κ3) is 3.16. The summed E-state index contributed by atoms with van der Waals surface area (Å²) in [6.45, 7) is 0. The van der Waals surface area contributed by atoms with Crippen LogP contribution < -0.4 is 19.8 Å². The molecule has 124 valence electrons. The Morgan fingerprint density at radius 2 is 1.79 bits per heavy atom. The van der Waals surface area contributed by atoms with Gasteiger partial charge in [-0.05, 0) is 46.9 Å². The SMILES string of the molecule is COc1ccc2c(Oc3ccc(OC)c(Cl)c3)c(I)c(=O)[nH]c2c1. The van der Waals surface area contributed by atoms with E-state index in [1.54, 1.807) is 38.5 Å². The molecule has 0 atom stereocenters. The van der Waals surface area contributed by atoms with E-state index < -0.39 is 0 Å². The predicted molar refractivity (Wildman–Crippen MR) is 102 cm³/mol. The summed E-state index contributed by atoms with van der Waals surface area (Å²) >= 11 is 8.10. The van der Waals surface area contributed by atoms with Gasteiger partial charge in [-0.3, -0.25) is 4.79 Å². The zero-order chi connectivity index (χ0) is 17.3. The van der Waals surface area contributed by atoms with Crippen molar-refractivity contribution < 1.29 is 14.2 Å². The van der Waals surface area contributed by atoms with Gasteiger partial charge in [0.25, 0.3) is 5.56 Å². The maximum Gasteiger partial charge on any atom is 0.265 e. The molecule has 0 spiro atoms. The van der Waals surface area contributed by atoms with E-state index in [9.17, 15) is 4.79 Å². The highest BCUT2D eigenvalue weighted by Crippen LogP contribution is 2.36. The molecule has 0 bridgehead atoms. The molecule has 0 aliphatic rings. The molecule has 3 aromatic rings. The summed E-state index contributed by atoms with van der Waals surface area (Å²) in [5, 5.41) is 1.20. The van der Waals surface area contributed by atoms with E-state index in [0.29, 0.717) is 37.1 Å². The third-order valence-corrected chi connectivity index (χ3v) is 4.74. The number of aromatic nitrogens is 1. The summed E-state index contributed by atoms with van der Waals surface area (Å²) in [5.41, 5.74) is 0.403. The molecular weight excluding hydrogens is 445 g/mol. The van der Waals surface area contributed by atoms with E-state index in [4.69, 9.17) is 25.8 Å². The molecule has 0 unspecified atom stereocenters. The maximum atomic E-state index is 12.2. The molecule has 0 saturated carbocycles. The topological polar surface area (TPSA) is 60.6 Å². The fourth-order valence-corrected chi connectivity index (χ4v) is 3.06. The van der Waals surface area contributed by atoms with Crippen molar-refractivity contribution in [3.05, 3.63) is 55.3 Å². The lowest BCUT2D eigenvalue weighted by molar-refractivity contribution is 0.413. The van der Waals surface area contributed by atoms with E-state index >= 15 is 0 Å². The summed E-state index contributed by atoms with van der Waals surface area (Å²) in [7, 11) is 3.12. The van der Waals surface area contributed by atoms with Gasteiger partial charge < -0.3 is 19.2 Å². The first kappa shape index (κ1) is 16.9. The molecule has 1 N–H and O–H groups in total. The number of benzene rings is 2. The van der Waals surface area contributed by atoms with Gasteiger partial charge in [-0.1, -0.05) is 11.6 Å². The molecule has 0 saturated heterocycles. The molecule has 0 fully saturated rings. The van der Waals surface area contributed by atoms with Crippen molar-refractivity contribution in [2.45, 2.75) is 0 Å². The lowest BCUT2D eigenvalue weighted by Gasteiger charge is -2.12. The normalized spacial score (nSPS) is 10.7. The van der Waals surface area contributed by atoms with Gasteiger partial charge in [-0.25, -0.2) is 0 Å². The van der Waals surface area contributed by atoms with Gasteiger partial charge in [-0.2, -0.15) is 0 Å². The molecule has 2 aromatic carbocycles. The zero-order valence-corrected chi connectivity index (χ0v) is 15.8. The van der Waals surface area contributed by atoms with Crippen molar-refractivity contribution in [3.63, 3.8) is 0 Å². The predicted octanol–water partition coefficient (Wildman–Crippen LogP) is 4.60. The first-order valence-electron chi connectivity index (χ1n) is 6.94. The third-order valence-electron chi connectivity index (χ3n) is 3.46. The van der Waals surface area contributed by atoms with Crippen molar-refractivity contribution in [3.8, 4) is 23.0 Å². The first-order chi connectivity index (χ1) is 11.5. The second-order valence-electron chi connectivity index (χ2n) is 4.91. The standard InChI is InChI=1S/C17H13ClINO4/c1-22-9-3-5-11-13(8-9)20-17(21)15(19)16(11)24-10-4-6-14(23-2)12(18)7-10/h3-8H,1-2H3,(H,20,21). The van der Waals surface area contributed by atoms with E-state index in [2.05, 4.69) is 4.98 Å². The first-order valence-corrected chi connectivity index (χ1v) is 8.40. The summed E-state index contributed by atoms with van der Waals surface area (Å²) < 4.78 is 16.7. The molecule has 7 heteroatoms. The Balaban J connectivity index is 2.13. The molecule has 0 amide bonds. The Morgan fingerprint density at radius 3 is 2.46 bits per heavy atom. The van der Waals surface area contributed by atoms with Gasteiger partial charge >= 0.3 is 0 Å². The van der Waals surface area contributed by atoms with Crippen molar-refractivity contribution in [1.82, 2.24) is 4.98 Å². The summed E-state index contributed by atoms with van der Waals surface area (Å²) in [5.74, 6) is 2.19. The number of ether oxygens (including phenoxy) is 3. The minimum Gasteiger partial charge on any atom is -0.497 e. The number of aromatic amines is 1. The molecular formula is C17H13ClINO4. The van der Waals surface area contributed by atoms with Crippen molar-refractivity contribution in [2.24, 2.45) is 0 Å². The van der Waals surface area contributed by atoms with Crippen LogP contribution in [0.1, 0.15) is 0 Å². The zero-order valence-electron chi connectivity index (χ0n) is 12.9. The maximum absolute atomic E-state index is 12.2. The van der Waals surface area contributed by atoms with Crippen LogP contribution in [-0.2, 0) is 0 Å². The highest BCUT2D eigenvalue weighted by atomic mass is 127. The average molecular weight is 458 g/mol. The van der Waals surface area contributed by atoms with Crippen LogP contribution in [0.3, 0.4) is 0 Å². The molecule has 1 aromatic heterocycles. The van der Waals surface area contributed by atoms with Gasteiger partial charge in [0.05, 0.1) is 24.8 Å². The fraction of sp³-hybridized carbons (Fsp3) is 0.118. The quantitative estimate of drug-likeness (QED) is 0.582. The number of nitrogens with one attached hydrogen (secondary N) is 1. The molecule has 5 nitrogen and oxygen atoms in total. The van der Waals surface area contributed by atoms with E-state index in [-0.39, 0.29) is 5.56 Å². The molecule has 0 aliphatic heterocycles. The van der Waals surface area contributed by atoms with Crippen LogP contribution >= 0.6 is 34.2 Å². The number of halogens is 2. The van der Waals surface area contributed by atoms with Crippen LogP contribution in [0.25, 0.3) is 10.9 Å². The number of rotatable bonds is 4. The van der Waals surface area contributed by atoms with E-state index in [0.717, 1.165) is 5.39 Å². The second kappa shape index (κ2) is 6.90. The van der Waals surface area contributed by atoms with Crippen LogP contribution in [-0.4, -0.2) is 19.2 Å². The Morgan fingerprint density at radius 1 is 1.04 bits per heavy atom. The largest absolute Gasteiger partial charge is 0.497 e. The van der Waals surface area contributed by atoms with E-state index in [1.165, 1.54) is 0 Å². The Bertz CT molecular complexity index is 971. The average Bonchev–Trinajstić information content (AvgIpc) is 2.58. The molecule has 24 heavy (non-hydrogen) atoms. The highest BCUT2D eigenvalue weighted by molar-refractivity contribution is 14.1. The molecule has 0 aliphatic carbocycles. The number of hydrogen-bond donors (Lipinski definition) is 1. The van der Waals surface area contributed by atoms with Crippen molar-refractivity contribution >= 4 is 45.1 Å². The van der Waals surface area contributed by atoms with Crippen molar-refractivity contribution in [1.29, 1.82) is 0 Å². The number of hydrogen-bond acceptors (Lipinski definition) is 4. The smallest absolute Gasteiger partial charge is 0.265 e. The van der Waals surface area contributed by atoms with Crippen LogP contribution in [0.15, 0.2) is 41.2 Å². The number of H-pyrrole nitrogens is 1. The molecule has 3 rings (SSSR count). The van der Waals surface area contributed by atoms with E-state index in [1.807, 2.05) is 34.7 Å². The summed E-state index contributed by atoms with van der Waals surface area (Å²) in [6.07, 6.45) is 0. The second-order valence-corrected chi connectivity index (χ2v) is 6.39. The van der Waals surface area contributed by atoms with Gasteiger partial charge in [0, 0.05) is 17.5 Å². The molecule has 1 heterocycles. The lowest BCUT2D eigenvalue weighted by atomic mass is 10.2. The van der Waals surface area contributed by atoms with Gasteiger partial charge in [0.1, 0.15) is 20.8 Å². The minimum atomic E-state index is -0.231. The molecule has 0 radical (unpaired) electrons. The summed E-state index contributed by atoms with van der Waals surface area (Å²) in [4.78, 5) is 15.0. The van der Waals surface area contributed by atoms with Crippen LogP contribution in [0.4, 0.5) is 0 Å². The number of methoxy groups -OCH3 is 2. The van der Waals surface area contributed by atoms with Crippen molar-refractivity contribution in [2.75, 3.05) is 14.2 Å². The minimum absolute atomic E-state index is 0.231. The Labute approximate surface area is 156 Å². The Kier molecular flexibility index (Phi) is 4.86. The monoisotopic (exact) mass is 457 g/mol.